The average Bonchev–Trinajstić information content (AvgIpc) is 2.30. The smallest absolute Gasteiger partial charge is 0.0998 e. The first-order valence-corrected chi connectivity index (χ1v) is 7.04. The van der Waals surface area contributed by atoms with Crippen LogP contribution in [0, 0.1) is 0 Å². The van der Waals surface area contributed by atoms with E-state index in [1.165, 1.54) is 6.42 Å². The molecular formula is C11H13Br2NO. The Bertz CT molecular complexity index is 315. The van der Waals surface area contributed by atoms with Crippen LogP contribution >= 0.6 is 31.9 Å². The number of halogens is 2. The molecule has 4 heteroatoms. The molecule has 0 aliphatic carbocycles. The maximum atomic E-state index is 5.94. The van der Waals surface area contributed by atoms with Gasteiger partial charge < -0.3 is 4.74 Å². The van der Waals surface area contributed by atoms with Gasteiger partial charge in [0, 0.05) is 16.0 Å². The maximum absolute atomic E-state index is 5.94. The maximum Gasteiger partial charge on any atom is 0.0998 e. The largest absolute Gasteiger partial charge is 0.368 e. The van der Waals surface area contributed by atoms with Crippen molar-refractivity contribution in [3.63, 3.8) is 0 Å². The second-order valence-electron chi connectivity index (χ2n) is 3.73. The number of nitrogens with zero attached hydrogens (tertiary/aromatic N) is 1. The fourth-order valence-corrected chi connectivity index (χ4v) is 2.52. The van der Waals surface area contributed by atoms with E-state index in [0.29, 0.717) is 6.10 Å². The van der Waals surface area contributed by atoms with Crippen molar-refractivity contribution in [1.29, 1.82) is 0 Å². The molecule has 2 atom stereocenters. The molecule has 82 valence electrons. The van der Waals surface area contributed by atoms with E-state index in [1.54, 1.807) is 0 Å². The van der Waals surface area contributed by atoms with E-state index in [4.69, 9.17) is 4.74 Å². The molecule has 0 radical (unpaired) electrons. The van der Waals surface area contributed by atoms with Gasteiger partial charge >= 0.3 is 0 Å². The number of ether oxygens (including phenoxy) is 1. The van der Waals surface area contributed by atoms with Crippen LogP contribution in [0.25, 0.3) is 0 Å². The molecule has 1 saturated heterocycles. The van der Waals surface area contributed by atoms with Crippen LogP contribution in [0.1, 0.15) is 31.1 Å². The summed E-state index contributed by atoms with van der Waals surface area (Å²) in [6.07, 6.45) is 5.80. The molecule has 15 heavy (non-hydrogen) atoms. The first-order chi connectivity index (χ1) is 7.29. The normalized spacial score (nSPS) is 26.5. The highest BCUT2D eigenvalue weighted by atomic mass is 79.9. The second-order valence-corrected chi connectivity index (χ2v) is 5.30. The molecule has 1 fully saturated rings. The van der Waals surface area contributed by atoms with Crippen LogP contribution in [0.3, 0.4) is 0 Å². The van der Waals surface area contributed by atoms with Gasteiger partial charge in [-0.15, -0.1) is 0 Å². The molecule has 2 nitrogen and oxygen atoms in total. The van der Waals surface area contributed by atoms with Crippen molar-refractivity contribution in [3.05, 3.63) is 28.5 Å². The summed E-state index contributed by atoms with van der Waals surface area (Å²) in [5, 5.41) is 0.917. The minimum absolute atomic E-state index is 0.175. The van der Waals surface area contributed by atoms with Crippen molar-refractivity contribution in [2.24, 2.45) is 0 Å². The molecule has 2 unspecified atom stereocenters. The summed E-state index contributed by atoms with van der Waals surface area (Å²) in [5.41, 5.74) is 1.05. The lowest BCUT2D eigenvalue weighted by atomic mass is 10.0. The van der Waals surface area contributed by atoms with Crippen LogP contribution in [0.2, 0.25) is 0 Å². The fraction of sp³-hybridized carbons (Fsp3) is 0.545. The van der Waals surface area contributed by atoms with Gasteiger partial charge in [-0.1, -0.05) is 15.9 Å². The highest BCUT2D eigenvalue weighted by molar-refractivity contribution is 9.10. The zero-order chi connectivity index (χ0) is 10.7. The SMILES string of the molecule is BrCC1CCCC(c2ccc(Br)cn2)O1. The first-order valence-electron chi connectivity index (χ1n) is 5.12. The van der Waals surface area contributed by atoms with Gasteiger partial charge in [-0.2, -0.15) is 0 Å². The van der Waals surface area contributed by atoms with Gasteiger partial charge in [-0.05, 0) is 47.3 Å². The predicted octanol–water partition coefficient (Wildman–Crippen LogP) is 3.85. The van der Waals surface area contributed by atoms with Crippen LogP contribution in [0.5, 0.6) is 0 Å². The van der Waals surface area contributed by atoms with Crippen LogP contribution in [-0.4, -0.2) is 16.4 Å². The molecule has 0 N–H and O–H groups in total. The van der Waals surface area contributed by atoms with Gasteiger partial charge in [0.1, 0.15) is 0 Å². The molecule has 0 aromatic carbocycles. The van der Waals surface area contributed by atoms with Gasteiger partial charge in [-0.25, -0.2) is 0 Å². The summed E-state index contributed by atoms with van der Waals surface area (Å²) < 4.78 is 6.95. The summed E-state index contributed by atoms with van der Waals surface area (Å²) in [7, 11) is 0. The summed E-state index contributed by atoms with van der Waals surface area (Å²) in [5.74, 6) is 0. The Kier molecular flexibility index (Phi) is 4.17. The topological polar surface area (TPSA) is 22.1 Å². The van der Waals surface area contributed by atoms with Gasteiger partial charge in [0.05, 0.1) is 17.9 Å². The van der Waals surface area contributed by atoms with Crippen molar-refractivity contribution < 1.29 is 4.74 Å². The molecule has 0 amide bonds. The van der Waals surface area contributed by atoms with Gasteiger partial charge in [0.15, 0.2) is 0 Å². The van der Waals surface area contributed by atoms with Crippen molar-refractivity contribution in [2.75, 3.05) is 5.33 Å². The van der Waals surface area contributed by atoms with Gasteiger partial charge in [0.25, 0.3) is 0 Å². The summed E-state index contributed by atoms with van der Waals surface area (Å²) in [4.78, 5) is 4.38. The van der Waals surface area contributed by atoms with E-state index in [1.807, 2.05) is 18.3 Å². The van der Waals surface area contributed by atoms with E-state index in [0.717, 1.165) is 28.3 Å². The number of hydrogen-bond donors (Lipinski definition) is 0. The zero-order valence-electron chi connectivity index (χ0n) is 8.33. The lowest BCUT2D eigenvalue weighted by molar-refractivity contribution is -0.0405. The fourth-order valence-electron chi connectivity index (χ4n) is 1.81. The standard InChI is InChI=1S/C11H13Br2NO/c12-6-9-2-1-3-11(15-9)10-5-4-8(13)7-14-10/h4-5,7,9,11H,1-3,6H2. The minimum Gasteiger partial charge on any atom is -0.368 e. The molecule has 1 aromatic heterocycles. The summed E-state index contributed by atoms with van der Waals surface area (Å²) in [6, 6.07) is 4.05. The van der Waals surface area contributed by atoms with Crippen LogP contribution < -0.4 is 0 Å². The monoisotopic (exact) mass is 333 g/mol. The van der Waals surface area contributed by atoms with E-state index < -0.39 is 0 Å². The highest BCUT2D eigenvalue weighted by Gasteiger charge is 2.23. The van der Waals surface area contributed by atoms with E-state index in [2.05, 4.69) is 36.8 Å². The quantitative estimate of drug-likeness (QED) is 0.766. The van der Waals surface area contributed by atoms with Crippen LogP contribution in [0.15, 0.2) is 22.8 Å². The predicted molar refractivity (Wildman–Crippen MR) is 67.2 cm³/mol. The second kappa shape index (κ2) is 5.41. The van der Waals surface area contributed by atoms with E-state index in [-0.39, 0.29) is 6.10 Å². The molecule has 0 spiro atoms. The zero-order valence-corrected chi connectivity index (χ0v) is 11.5. The van der Waals surface area contributed by atoms with Crippen molar-refractivity contribution in [3.8, 4) is 0 Å². The van der Waals surface area contributed by atoms with Crippen molar-refractivity contribution >= 4 is 31.9 Å². The minimum atomic E-state index is 0.175. The molecule has 1 aromatic rings. The molecular weight excluding hydrogens is 322 g/mol. The average molecular weight is 335 g/mol. The van der Waals surface area contributed by atoms with Crippen molar-refractivity contribution in [1.82, 2.24) is 4.98 Å². The third kappa shape index (κ3) is 3.02. The summed E-state index contributed by atoms with van der Waals surface area (Å²) >= 11 is 6.85. The number of pyridine rings is 1. The van der Waals surface area contributed by atoms with Gasteiger partial charge in [-0.3, -0.25) is 4.98 Å². The molecule has 0 saturated carbocycles. The Morgan fingerprint density at radius 2 is 2.27 bits per heavy atom. The summed E-state index contributed by atoms with van der Waals surface area (Å²) in [6.45, 7) is 0. The third-order valence-electron chi connectivity index (χ3n) is 2.60. The Morgan fingerprint density at radius 3 is 2.93 bits per heavy atom. The number of alkyl halides is 1. The Hall–Kier alpha value is 0.0700. The molecule has 2 heterocycles. The first kappa shape index (κ1) is 11.6. The number of aromatic nitrogens is 1. The number of hydrogen-bond acceptors (Lipinski definition) is 2. The molecule has 1 aliphatic rings. The third-order valence-corrected chi connectivity index (χ3v) is 3.79. The molecule has 2 rings (SSSR count). The lowest BCUT2D eigenvalue weighted by Gasteiger charge is -2.28. The van der Waals surface area contributed by atoms with Crippen LogP contribution in [-0.2, 0) is 4.74 Å². The number of rotatable bonds is 2. The molecule has 1 aliphatic heterocycles. The van der Waals surface area contributed by atoms with Gasteiger partial charge in [0.2, 0.25) is 0 Å². The van der Waals surface area contributed by atoms with E-state index in [9.17, 15) is 0 Å². The van der Waals surface area contributed by atoms with Crippen LogP contribution in [0.4, 0.5) is 0 Å². The Balaban J connectivity index is 2.06. The van der Waals surface area contributed by atoms with E-state index >= 15 is 0 Å². The highest BCUT2D eigenvalue weighted by Crippen LogP contribution is 2.30. The molecule has 0 bridgehead atoms. The van der Waals surface area contributed by atoms with Crippen molar-refractivity contribution in [2.45, 2.75) is 31.5 Å². The Morgan fingerprint density at radius 1 is 1.40 bits per heavy atom. The lowest BCUT2D eigenvalue weighted by Crippen LogP contribution is -2.23. The Labute approximate surface area is 107 Å².